The molecule has 1 N–H and O–H groups in total. The third-order valence-corrected chi connectivity index (χ3v) is 1.47. The molecule has 0 heterocycles. The molecule has 70 valence electrons. The van der Waals surface area contributed by atoms with Crippen LogP contribution in [0, 0.1) is 5.92 Å². The summed E-state index contributed by atoms with van der Waals surface area (Å²) in [5, 5.41) is 2.61. The molecule has 1 amide bonds. The molecule has 0 rings (SSSR count). The van der Waals surface area contributed by atoms with Gasteiger partial charge in [-0.05, 0) is 6.92 Å². The van der Waals surface area contributed by atoms with Gasteiger partial charge in [-0.25, -0.2) is 0 Å². The Balaban J connectivity index is 3.75. The number of nitrogens with one attached hydrogen (secondary N) is 1. The molecule has 4 heteroatoms. The van der Waals surface area contributed by atoms with Crippen molar-refractivity contribution in [2.75, 3.05) is 13.7 Å². The Hall–Kier alpha value is -1.06. The van der Waals surface area contributed by atoms with E-state index >= 15 is 0 Å². The molecule has 12 heavy (non-hydrogen) atoms. The SMILES string of the molecule is CCNC(=O)CC(C)C(=O)OC. The van der Waals surface area contributed by atoms with E-state index in [0.717, 1.165) is 0 Å². The minimum atomic E-state index is -0.360. The Kier molecular flexibility index (Phi) is 5.08. The van der Waals surface area contributed by atoms with Gasteiger partial charge in [-0.2, -0.15) is 0 Å². The van der Waals surface area contributed by atoms with Crippen molar-refractivity contribution < 1.29 is 14.3 Å². The molecule has 0 aromatic carbocycles. The summed E-state index contributed by atoms with van der Waals surface area (Å²) in [6.07, 6.45) is 0.195. The number of hydrogen-bond donors (Lipinski definition) is 1. The van der Waals surface area contributed by atoms with Gasteiger partial charge in [0.25, 0.3) is 0 Å². The van der Waals surface area contributed by atoms with E-state index < -0.39 is 0 Å². The first kappa shape index (κ1) is 10.9. The Morgan fingerprint density at radius 2 is 2.08 bits per heavy atom. The predicted octanol–water partition coefficient (Wildman–Crippen LogP) is 0.322. The predicted molar refractivity (Wildman–Crippen MR) is 44.5 cm³/mol. The molecule has 0 aliphatic rings. The van der Waals surface area contributed by atoms with E-state index in [4.69, 9.17) is 0 Å². The molecule has 0 saturated heterocycles. The van der Waals surface area contributed by atoms with Crippen LogP contribution in [0.15, 0.2) is 0 Å². The highest BCUT2D eigenvalue weighted by atomic mass is 16.5. The summed E-state index contributed by atoms with van der Waals surface area (Å²) in [5.74, 6) is -0.821. The van der Waals surface area contributed by atoms with E-state index in [1.807, 2.05) is 6.92 Å². The summed E-state index contributed by atoms with van der Waals surface area (Å²) in [5.41, 5.74) is 0. The van der Waals surface area contributed by atoms with Crippen molar-refractivity contribution in [2.45, 2.75) is 20.3 Å². The van der Waals surface area contributed by atoms with Gasteiger partial charge in [-0.1, -0.05) is 6.92 Å². The van der Waals surface area contributed by atoms with E-state index in [2.05, 4.69) is 10.1 Å². The Bertz CT molecular complexity index is 168. The zero-order chi connectivity index (χ0) is 9.56. The summed E-state index contributed by atoms with van der Waals surface area (Å²) in [4.78, 5) is 21.8. The van der Waals surface area contributed by atoms with Crippen LogP contribution in [0.4, 0.5) is 0 Å². The van der Waals surface area contributed by atoms with Gasteiger partial charge in [0.1, 0.15) is 0 Å². The maximum atomic E-state index is 11.0. The van der Waals surface area contributed by atoms with Crippen molar-refractivity contribution in [2.24, 2.45) is 5.92 Å². The Morgan fingerprint density at radius 1 is 1.50 bits per heavy atom. The average molecular weight is 173 g/mol. The lowest BCUT2D eigenvalue weighted by Gasteiger charge is -2.07. The topological polar surface area (TPSA) is 55.4 Å². The van der Waals surface area contributed by atoms with Gasteiger partial charge < -0.3 is 10.1 Å². The number of esters is 1. The number of hydrogen-bond acceptors (Lipinski definition) is 3. The molecule has 0 aromatic rings. The number of methoxy groups -OCH3 is 1. The molecule has 0 fully saturated rings. The van der Waals surface area contributed by atoms with Crippen molar-refractivity contribution in [1.82, 2.24) is 5.32 Å². The van der Waals surface area contributed by atoms with Crippen molar-refractivity contribution in [3.8, 4) is 0 Å². The van der Waals surface area contributed by atoms with E-state index in [1.54, 1.807) is 6.92 Å². The fraction of sp³-hybridized carbons (Fsp3) is 0.750. The lowest BCUT2D eigenvalue weighted by Crippen LogP contribution is -2.27. The fourth-order valence-corrected chi connectivity index (χ4v) is 0.832. The highest BCUT2D eigenvalue weighted by Gasteiger charge is 2.16. The van der Waals surface area contributed by atoms with E-state index in [9.17, 15) is 9.59 Å². The zero-order valence-corrected chi connectivity index (χ0v) is 7.72. The standard InChI is InChI=1S/C8H15NO3/c1-4-9-7(10)5-6(2)8(11)12-3/h6H,4-5H2,1-3H3,(H,9,10). The summed E-state index contributed by atoms with van der Waals surface area (Å²) >= 11 is 0. The van der Waals surface area contributed by atoms with Crippen LogP contribution in [0.1, 0.15) is 20.3 Å². The molecule has 0 saturated carbocycles. The number of ether oxygens (including phenoxy) is 1. The molecule has 0 radical (unpaired) electrons. The van der Waals surface area contributed by atoms with Crippen molar-refractivity contribution in [3.63, 3.8) is 0 Å². The summed E-state index contributed by atoms with van der Waals surface area (Å²) in [6, 6.07) is 0. The second kappa shape index (κ2) is 5.57. The van der Waals surface area contributed by atoms with Crippen LogP contribution in [-0.2, 0) is 14.3 Å². The highest BCUT2D eigenvalue weighted by molar-refractivity contribution is 5.82. The maximum Gasteiger partial charge on any atom is 0.308 e. The van der Waals surface area contributed by atoms with Gasteiger partial charge in [0.2, 0.25) is 5.91 Å². The van der Waals surface area contributed by atoms with Gasteiger partial charge in [0.15, 0.2) is 0 Å². The molecule has 0 aromatic heterocycles. The second-order valence-electron chi connectivity index (χ2n) is 2.58. The van der Waals surface area contributed by atoms with Gasteiger partial charge in [-0.15, -0.1) is 0 Å². The summed E-state index contributed by atoms with van der Waals surface area (Å²) < 4.78 is 4.47. The van der Waals surface area contributed by atoms with Crippen LogP contribution < -0.4 is 5.32 Å². The van der Waals surface area contributed by atoms with Crippen LogP contribution in [0.2, 0.25) is 0 Å². The van der Waals surface area contributed by atoms with Crippen LogP contribution in [-0.4, -0.2) is 25.5 Å². The monoisotopic (exact) mass is 173 g/mol. The van der Waals surface area contributed by atoms with E-state index in [0.29, 0.717) is 6.54 Å². The smallest absolute Gasteiger partial charge is 0.308 e. The van der Waals surface area contributed by atoms with Crippen LogP contribution in [0.5, 0.6) is 0 Å². The van der Waals surface area contributed by atoms with Gasteiger partial charge in [0.05, 0.1) is 13.0 Å². The van der Waals surface area contributed by atoms with Gasteiger partial charge in [-0.3, -0.25) is 9.59 Å². The third-order valence-electron chi connectivity index (χ3n) is 1.47. The molecule has 0 aliphatic carbocycles. The van der Waals surface area contributed by atoms with Crippen LogP contribution in [0.25, 0.3) is 0 Å². The molecular formula is C8H15NO3. The van der Waals surface area contributed by atoms with Crippen molar-refractivity contribution >= 4 is 11.9 Å². The minimum absolute atomic E-state index is 0.115. The van der Waals surface area contributed by atoms with Crippen LogP contribution >= 0.6 is 0 Å². The van der Waals surface area contributed by atoms with Crippen molar-refractivity contribution in [1.29, 1.82) is 0 Å². The summed E-state index contributed by atoms with van der Waals surface area (Å²) in [7, 11) is 1.32. The third kappa shape index (κ3) is 3.95. The minimum Gasteiger partial charge on any atom is -0.469 e. The first-order valence-corrected chi connectivity index (χ1v) is 3.96. The van der Waals surface area contributed by atoms with Gasteiger partial charge >= 0.3 is 5.97 Å². The normalized spacial score (nSPS) is 11.9. The second-order valence-corrected chi connectivity index (χ2v) is 2.58. The van der Waals surface area contributed by atoms with E-state index in [-0.39, 0.29) is 24.2 Å². The zero-order valence-electron chi connectivity index (χ0n) is 7.72. The van der Waals surface area contributed by atoms with E-state index in [1.165, 1.54) is 7.11 Å². The molecule has 4 nitrogen and oxygen atoms in total. The number of carbonyl (C=O) groups is 2. The Labute approximate surface area is 72.3 Å². The van der Waals surface area contributed by atoms with Crippen LogP contribution in [0.3, 0.4) is 0 Å². The lowest BCUT2D eigenvalue weighted by molar-refractivity contribution is -0.146. The lowest BCUT2D eigenvalue weighted by atomic mass is 10.1. The maximum absolute atomic E-state index is 11.0. The molecular weight excluding hydrogens is 158 g/mol. The Morgan fingerprint density at radius 3 is 2.50 bits per heavy atom. The molecule has 1 unspecified atom stereocenters. The largest absolute Gasteiger partial charge is 0.469 e. The number of amides is 1. The highest BCUT2D eigenvalue weighted by Crippen LogP contribution is 2.02. The first-order valence-electron chi connectivity index (χ1n) is 3.96. The molecule has 0 bridgehead atoms. The first-order chi connectivity index (χ1) is 5.61. The number of carbonyl (C=O) groups excluding carboxylic acids is 2. The average Bonchev–Trinajstić information content (AvgIpc) is 2.03. The van der Waals surface area contributed by atoms with Gasteiger partial charge in [0, 0.05) is 13.0 Å². The molecule has 1 atom stereocenters. The summed E-state index contributed by atoms with van der Waals surface area (Å²) in [6.45, 7) is 4.09. The fourth-order valence-electron chi connectivity index (χ4n) is 0.832. The molecule has 0 aliphatic heterocycles. The van der Waals surface area contributed by atoms with Crippen molar-refractivity contribution in [3.05, 3.63) is 0 Å². The quantitative estimate of drug-likeness (QED) is 0.623. The number of rotatable bonds is 4. The molecule has 0 spiro atoms.